The van der Waals surface area contributed by atoms with E-state index in [1.54, 1.807) is 6.92 Å². The number of carbonyl (C=O) groups excluding carboxylic acids is 1. The summed E-state index contributed by atoms with van der Waals surface area (Å²) in [5.74, 6) is -0.822. The molecule has 0 aromatic heterocycles. The Morgan fingerprint density at radius 3 is 2.76 bits per heavy atom. The summed E-state index contributed by atoms with van der Waals surface area (Å²) in [6, 6.07) is 4.23. The molecule has 0 saturated carbocycles. The number of carbonyl (C=O) groups is 1. The molecule has 0 saturated heterocycles. The molecular formula is C10H7BrN2O4. The highest BCUT2D eigenvalue weighted by Gasteiger charge is 2.25. The molecule has 0 spiro atoms. The zero-order valence-corrected chi connectivity index (χ0v) is 10.4. The molecule has 1 rings (SSSR count). The first-order chi connectivity index (χ1) is 8.01. The molecule has 88 valence electrons. The molecule has 7 heteroatoms. The van der Waals surface area contributed by atoms with Gasteiger partial charge in [0.15, 0.2) is 0 Å². The third-order valence-electron chi connectivity index (χ3n) is 1.87. The van der Waals surface area contributed by atoms with Crippen molar-refractivity contribution in [3.05, 3.63) is 37.8 Å². The van der Waals surface area contributed by atoms with Gasteiger partial charge < -0.3 is 4.74 Å². The number of esters is 1. The molecule has 17 heavy (non-hydrogen) atoms. The van der Waals surface area contributed by atoms with Gasteiger partial charge in [-0.15, -0.1) is 0 Å². The SMILES string of the molecule is CCOC(=O)c1cc(C#N)cc(Br)c1[N+](=O)[O-]. The molecule has 0 heterocycles. The number of rotatable bonds is 3. The molecular weight excluding hydrogens is 292 g/mol. The first kappa shape index (κ1) is 13.1. The predicted octanol–water partition coefficient (Wildman–Crippen LogP) is 2.41. The van der Waals surface area contributed by atoms with Crippen LogP contribution in [0.1, 0.15) is 22.8 Å². The molecule has 0 radical (unpaired) electrons. The number of hydrogen-bond donors (Lipinski definition) is 0. The summed E-state index contributed by atoms with van der Waals surface area (Å²) in [6.07, 6.45) is 0. The normalized spacial score (nSPS) is 9.47. The maximum absolute atomic E-state index is 11.5. The van der Waals surface area contributed by atoms with Gasteiger partial charge in [0.1, 0.15) is 5.56 Å². The first-order valence-electron chi connectivity index (χ1n) is 4.56. The highest BCUT2D eigenvalue weighted by atomic mass is 79.9. The van der Waals surface area contributed by atoms with Gasteiger partial charge in [-0.3, -0.25) is 10.1 Å². The largest absolute Gasteiger partial charge is 0.462 e. The second-order valence-electron chi connectivity index (χ2n) is 2.94. The molecule has 1 aromatic rings. The van der Waals surface area contributed by atoms with Gasteiger partial charge in [-0.05, 0) is 35.0 Å². The fourth-order valence-electron chi connectivity index (χ4n) is 1.21. The molecule has 0 fully saturated rings. The summed E-state index contributed by atoms with van der Waals surface area (Å²) >= 11 is 2.96. The summed E-state index contributed by atoms with van der Waals surface area (Å²) in [5.41, 5.74) is -0.490. The minimum atomic E-state index is -0.822. The summed E-state index contributed by atoms with van der Waals surface area (Å²) in [6.45, 7) is 1.69. The number of hydrogen-bond acceptors (Lipinski definition) is 5. The maximum Gasteiger partial charge on any atom is 0.345 e. The molecule has 0 N–H and O–H groups in total. The van der Waals surface area contributed by atoms with E-state index in [0.29, 0.717) is 0 Å². The highest BCUT2D eigenvalue weighted by molar-refractivity contribution is 9.10. The van der Waals surface area contributed by atoms with Crippen molar-refractivity contribution in [2.24, 2.45) is 0 Å². The fourth-order valence-corrected chi connectivity index (χ4v) is 1.82. The van der Waals surface area contributed by atoms with Gasteiger partial charge >= 0.3 is 5.97 Å². The molecule has 0 aliphatic carbocycles. The first-order valence-corrected chi connectivity index (χ1v) is 5.35. The van der Waals surface area contributed by atoms with E-state index in [-0.39, 0.29) is 22.2 Å². The Hall–Kier alpha value is -1.94. The van der Waals surface area contributed by atoms with E-state index in [9.17, 15) is 14.9 Å². The minimum Gasteiger partial charge on any atom is -0.462 e. The van der Waals surface area contributed by atoms with Crippen LogP contribution in [0, 0.1) is 21.4 Å². The third-order valence-corrected chi connectivity index (χ3v) is 2.47. The number of nitro groups is 1. The number of benzene rings is 1. The second kappa shape index (κ2) is 5.41. The van der Waals surface area contributed by atoms with Gasteiger partial charge in [-0.25, -0.2) is 4.79 Å². The van der Waals surface area contributed by atoms with Crippen LogP contribution in [-0.4, -0.2) is 17.5 Å². The smallest absolute Gasteiger partial charge is 0.345 e. The van der Waals surface area contributed by atoms with Crippen LogP contribution in [0.15, 0.2) is 16.6 Å². The van der Waals surface area contributed by atoms with Crippen LogP contribution >= 0.6 is 15.9 Å². The van der Waals surface area contributed by atoms with Gasteiger partial charge in [0.25, 0.3) is 5.69 Å². The van der Waals surface area contributed by atoms with E-state index in [2.05, 4.69) is 15.9 Å². The van der Waals surface area contributed by atoms with Crippen LogP contribution in [0.25, 0.3) is 0 Å². The zero-order valence-electron chi connectivity index (χ0n) is 8.77. The molecule has 0 bridgehead atoms. The topological polar surface area (TPSA) is 93.2 Å². The van der Waals surface area contributed by atoms with Crippen LogP contribution < -0.4 is 0 Å². The van der Waals surface area contributed by atoms with Gasteiger partial charge in [0.2, 0.25) is 0 Å². The Balaban J connectivity index is 3.44. The van der Waals surface area contributed by atoms with Crippen LogP contribution in [0.2, 0.25) is 0 Å². The molecule has 0 aliphatic rings. The predicted molar refractivity (Wildman–Crippen MR) is 61.5 cm³/mol. The van der Waals surface area contributed by atoms with Gasteiger partial charge in [0, 0.05) is 0 Å². The number of halogens is 1. The molecule has 1 aromatic carbocycles. The van der Waals surface area contributed by atoms with Gasteiger partial charge in [0.05, 0.1) is 27.6 Å². The number of nitro benzene ring substituents is 1. The molecule has 6 nitrogen and oxygen atoms in total. The van der Waals surface area contributed by atoms with E-state index in [4.69, 9.17) is 10.00 Å². The highest BCUT2D eigenvalue weighted by Crippen LogP contribution is 2.30. The van der Waals surface area contributed by atoms with E-state index in [1.807, 2.05) is 6.07 Å². The van der Waals surface area contributed by atoms with Crippen molar-refractivity contribution >= 4 is 27.6 Å². The quantitative estimate of drug-likeness (QED) is 0.485. The maximum atomic E-state index is 11.5. The van der Waals surface area contributed by atoms with Crippen LogP contribution in [0.3, 0.4) is 0 Å². The van der Waals surface area contributed by atoms with E-state index < -0.39 is 16.6 Å². The van der Waals surface area contributed by atoms with Crippen molar-refractivity contribution in [2.45, 2.75) is 6.92 Å². The lowest BCUT2D eigenvalue weighted by molar-refractivity contribution is -0.386. The fraction of sp³-hybridized carbons (Fsp3) is 0.200. The zero-order chi connectivity index (χ0) is 13.0. The summed E-state index contributed by atoms with van der Waals surface area (Å²) < 4.78 is 4.77. The lowest BCUT2D eigenvalue weighted by Gasteiger charge is -2.04. The van der Waals surface area contributed by atoms with Gasteiger partial charge in [-0.1, -0.05) is 0 Å². The minimum absolute atomic E-state index is 0.0737. The van der Waals surface area contributed by atoms with Crippen molar-refractivity contribution < 1.29 is 14.5 Å². The van der Waals surface area contributed by atoms with Crippen molar-refractivity contribution in [3.8, 4) is 6.07 Å². The number of nitriles is 1. The van der Waals surface area contributed by atoms with Crippen LogP contribution in [0.4, 0.5) is 5.69 Å². The summed E-state index contributed by atoms with van der Waals surface area (Å²) in [5, 5.41) is 19.6. The molecule has 0 amide bonds. The molecule has 0 unspecified atom stereocenters. The third kappa shape index (κ3) is 2.79. The Morgan fingerprint density at radius 2 is 2.29 bits per heavy atom. The lowest BCUT2D eigenvalue weighted by Crippen LogP contribution is -2.09. The average molecular weight is 299 g/mol. The molecule has 0 atom stereocenters. The van der Waals surface area contributed by atoms with E-state index >= 15 is 0 Å². The average Bonchev–Trinajstić information content (AvgIpc) is 2.27. The summed E-state index contributed by atoms with van der Waals surface area (Å²) in [4.78, 5) is 21.7. The van der Waals surface area contributed by atoms with E-state index in [0.717, 1.165) is 6.07 Å². The van der Waals surface area contributed by atoms with Crippen molar-refractivity contribution in [3.63, 3.8) is 0 Å². The van der Waals surface area contributed by atoms with Crippen LogP contribution in [0.5, 0.6) is 0 Å². The lowest BCUT2D eigenvalue weighted by atomic mass is 10.1. The molecule has 0 aliphatic heterocycles. The van der Waals surface area contributed by atoms with Crippen molar-refractivity contribution in [1.29, 1.82) is 5.26 Å². The Morgan fingerprint density at radius 1 is 1.65 bits per heavy atom. The Labute approximate surface area is 105 Å². The van der Waals surface area contributed by atoms with Crippen molar-refractivity contribution in [1.82, 2.24) is 0 Å². The van der Waals surface area contributed by atoms with Gasteiger partial charge in [-0.2, -0.15) is 5.26 Å². The van der Waals surface area contributed by atoms with Crippen molar-refractivity contribution in [2.75, 3.05) is 6.61 Å². The summed E-state index contributed by atoms with van der Waals surface area (Å²) in [7, 11) is 0. The second-order valence-corrected chi connectivity index (χ2v) is 3.80. The Kier molecular flexibility index (Phi) is 4.17. The number of nitrogens with zero attached hydrogens (tertiary/aromatic N) is 2. The Bertz CT molecular complexity index is 522. The van der Waals surface area contributed by atoms with E-state index in [1.165, 1.54) is 6.07 Å². The monoisotopic (exact) mass is 298 g/mol. The standard InChI is InChI=1S/C10H7BrN2O4/c1-2-17-10(14)7-3-6(5-12)4-8(11)9(7)13(15)16/h3-4H,2H2,1H3. The van der Waals surface area contributed by atoms with Crippen LogP contribution in [-0.2, 0) is 4.74 Å². The number of ether oxygens (including phenoxy) is 1.